The molecule has 2 amide bonds. The number of carboxylic acids is 1. The van der Waals surface area contributed by atoms with Crippen molar-refractivity contribution in [2.75, 3.05) is 50.7 Å². The van der Waals surface area contributed by atoms with Crippen LogP contribution < -0.4 is 20.9 Å². The van der Waals surface area contributed by atoms with Gasteiger partial charge >= 0.3 is 5.97 Å². The lowest BCUT2D eigenvalue weighted by Gasteiger charge is -2.41. The summed E-state index contributed by atoms with van der Waals surface area (Å²) in [6.45, 7) is 9.83. The fourth-order valence-electron chi connectivity index (χ4n) is 4.46. The minimum Gasteiger partial charge on any atom is -0.480 e. The van der Waals surface area contributed by atoms with Crippen molar-refractivity contribution >= 4 is 23.5 Å². The van der Waals surface area contributed by atoms with Gasteiger partial charge in [-0.2, -0.15) is 0 Å². The van der Waals surface area contributed by atoms with Crippen LogP contribution in [0.3, 0.4) is 0 Å². The Hall–Kier alpha value is -2.65. The van der Waals surface area contributed by atoms with E-state index in [2.05, 4.69) is 25.8 Å². The minimum atomic E-state index is -1.17. The van der Waals surface area contributed by atoms with Crippen LogP contribution in [0, 0.1) is 5.92 Å². The van der Waals surface area contributed by atoms with E-state index in [0.29, 0.717) is 11.6 Å². The van der Waals surface area contributed by atoms with Crippen molar-refractivity contribution in [2.45, 2.75) is 45.2 Å². The zero-order valence-electron chi connectivity index (χ0n) is 19.7. The van der Waals surface area contributed by atoms with Gasteiger partial charge in [0.25, 0.3) is 5.91 Å². The average molecular weight is 460 g/mol. The Bertz CT molecular complexity index is 800. The largest absolute Gasteiger partial charge is 0.480 e. The maximum Gasteiger partial charge on any atom is 0.328 e. The topological polar surface area (TPSA) is 114 Å². The maximum atomic E-state index is 12.5. The van der Waals surface area contributed by atoms with Gasteiger partial charge in [0.2, 0.25) is 5.91 Å². The van der Waals surface area contributed by atoms with Gasteiger partial charge in [-0.3, -0.25) is 14.5 Å². The van der Waals surface area contributed by atoms with Crippen molar-refractivity contribution in [1.29, 1.82) is 0 Å². The molecule has 0 aliphatic carbocycles. The summed E-state index contributed by atoms with van der Waals surface area (Å²) >= 11 is 0. The van der Waals surface area contributed by atoms with Crippen LogP contribution in [0.1, 0.15) is 43.5 Å². The molecule has 0 aromatic heterocycles. The maximum absolute atomic E-state index is 12.5. The summed E-state index contributed by atoms with van der Waals surface area (Å²) in [7, 11) is 0. The molecule has 2 aliphatic heterocycles. The first-order valence-corrected chi connectivity index (χ1v) is 11.9. The van der Waals surface area contributed by atoms with Gasteiger partial charge in [0, 0.05) is 56.4 Å². The number of hydrogen-bond donors (Lipinski definition) is 4. The van der Waals surface area contributed by atoms with E-state index >= 15 is 0 Å². The molecule has 3 rings (SSSR count). The van der Waals surface area contributed by atoms with Gasteiger partial charge in [0.15, 0.2) is 0 Å². The SMILES string of the molecule is CC(C)CC(=O)NC(CNC(=O)c1ccc(N2CCN(C3CCNCC3)CC2)cc1)C(=O)O. The number of amides is 2. The van der Waals surface area contributed by atoms with Gasteiger partial charge in [-0.15, -0.1) is 0 Å². The molecule has 2 aliphatic rings. The van der Waals surface area contributed by atoms with E-state index in [1.807, 2.05) is 26.0 Å². The van der Waals surface area contributed by atoms with Gasteiger partial charge in [-0.05, 0) is 56.1 Å². The molecule has 182 valence electrons. The predicted molar refractivity (Wildman–Crippen MR) is 127 cm³/mol. The third-order valence-corrected chi connectivity index (χ3v) is 6.33. The number of carboxylic acid groups (broad SMARTS) is 1. The number of piperidine rings is 1. The fourth-order valence-corrected chi connectivity index (χ4v) is 4.46. The van der Waals surface area contributed by atoms with Crippen LogP contribution in [0.5, 0.6) is 0 Å². The van der Waals surface area contributed by atoms with E-state index < -0.39 is 12.0 Å². The second kappa shape index (κ2) is 12.0. The molecule has 1 aromatic carbocycles. The minimum absolute atomic E-state index is 0.125. The normalized spacial score (nSPS) is 18.7. The molecule has 2 saturated heterocycles. The van der Waals surface area contributed by atoms with Crippen LogP contribution in [0.2, 0.25) is 0 Å². The molecule has 2 heterocycles. The van der Waals surface area contributed by atoms with Crippen molar-refractivity contribution in [2.24, 2.45) is 5.92 Å². The van der Waals surface area contributed by atoms with Crippen LogP contribution in [0.15, 0.2) is 24.3 Å². The van der Waals surface area contributed by atoms with E-state index in [4.69, 9.17) is 0 Å². The molecule has 0 radical (unpaired) electrons. The highest BCUT2D eigenvalue weighted by molar-refractivity contribution is 5.95. The molecule has 33 heavy (non-hydrogen) atoms. The van der Waals surface area contributed by atoms with Gasteiger partial charge < -0.3 is 26.0 Å². The molecule has 1 atom stereocenters. The van der Waals surface area contributed by atoms with Crippen LogP contribution in [0.25, 0.3) is 0 Å². The lowest BCUT2D eigenvalue weighted by atomic mass is 10.0. The van der Waals surface area contributed by atoms with Crippen molar-refractivity contribution in [1.82, 2.24) is 20.9 Å². The molecule has 9 heteroatoms. The van der Waals surface area contributed by atoms with Crippen LogP contribution in [-0.4, -0.2) is 85.7 Å². The predicted octanol–water partition coefficient (Wildman–Crippen LogP) is 0.906. The summed E-state index contributed by atoms with van der Waals surface area (Å²) in [6.07, 6.45) is 2.67. The van der Waals surface area contributed by atoms with E-state index in [0.717, 1.165) is 45.0 Å². The molecular formula is C24H37N5O4. The zero-order chi connectivity index (χ0) is 23.8. The van der Waals surface area contributed by atoms with Crippen molar-refractivity contribution in [3.05, 3.63) is 29.8 Å². The number of nitrogens with one attached hydrogen (secondary N) is 3. The number of carbonyl (C=O) groups is 3. The van der Waals surface area contributed by atoms with Gasteiger partial charge in [0.05, 0.1) is 0 Å². The summed E-state index contributed by atoms with van der Waals surface area (Å²) in [5.41, 5.74) is 1.55. The number of nitrogens with zero attached hydrogens (tertiary/aromatic N) is 2. The Morgan fingerprint density at radius 3 is 2.27 bits per heavy atom. The lowest BCUT2D eigenvalue weighted by molar-refractivity contribution is -0.141. The number of aliphatic carboxylic acids is 1. The highest BCUT2D eigenvalue weighted by Crippen LogP contribution is 2.20. The van der Waals surface area contributed by atoms with Crippen molar-refractivity contribution in [3.63, 3.8) is 0 Å². The lowest BCUT2D eigenvalue weighted by Crippen LogP contribution is -2.52. The molecule has 4 N–H and O–H groups in total. The van der Waals surface area contributed by atoms with Crippen molar-refractivity contribution in [3.8, 4) is 0 Å². The first-order chi connectivity index (χ1) is 15.8. The van der Waals surface area contributed by atoms with Crippen molar-refractivity contribution < 1.29 is 19.5 Å². The first kappa shape index (κ1) is 25.0. The smallest absolute Gasteiger partial charge is 0.328 e. The number of benzene rings is 1. The summed E-state index contributed by atoms with van der Waals surface area (Å²) in [6, 6.07) is 6.93. The average Bonchev–Trinajstić information content (AvgIpc) is 2.81. The molecule has 0 spiro atoms. The Morgan fingerprint density at radius 1 is 1.06 bits per heavy atom. The van der Waals surface area contributed by atoms with E-state index in [-0.39, 0.29) is 30.7 Å². The molecule has 1 unspecified atom stereocenters. The number of hydrogen-bond acceptors (Lipinski definition) is 6. The van der Waals surface area contributed by atoms with Gasteiger partial charge in [0.1, 0.15) is 6.04 Å². The Balaban J connectivity index is 1.47. The zero-order valence-corrected chi connectivity index (χ0v) is 19.7. The van der Waals surface area contributed by atoms with E-state index in [1.165, 1.54) is 12.8 Å². The van der Waals surface area contributed by atoms with E-state index in [1.54, 1.807) is 12.1 Å². The highest BCUT2D eigenvalue weighted by atomic mass is 16.4. The summed E-state index contributed by atoms with van der Waals surface area (Å²) in [5, 5.41) is 17.9. The standard InChI is InChI=1S/C24H37N5O4/c1-17(2)15-22(30)27-21(24(32)33)16-26-23(31)18-3-5-19(6-4-18)28-11-13-29(14-12-28)20-7-9-25-10-8-20/h3-6,17,20-21,25H,7-16H2,1-2H3,(H,26,31)(H,27,30)(H,32,33). The molecule has 2 fully saturated rings. The Morgan fingerprint density at radius 2 is 1.70 bits per heavy atom. The monoisotopic (exact) mass is 459 g/mol. The van der Waals surface area contributed by atoms with Crippen LogP contribution >= 0.6 is 0 Å². The fraction of sp³-hybridized carbons (Fsp3) is 0.625. The highest BCUT2D eigenvalue weighted by Gasteiger charge is 2.25. The third kappa shape index (κ3) is 7.43. The molecule has 1 aromatic rings. The molecule has 0 saturated carbocycles. The number of rotatable bonds is 9. The summed E-state index contributed by atoms with van der Waals surface area (Å²) in [5.74, 6) is -1.75. The molecular weight excluding hydrogens is 422 g/mol. The number of piperazine rings is 1. The van der Waals surface area contributed by atoms with Gasteiger partial charge in [-0.25, -0.2) is 4.79 Å². The number of anilines is 1. The second-order valence-corrected chi connectivity index (χ2v) is 9.32. The molecule has 0 bridgehead atoms. The van der Waals surface area contributed by atoms with Gasteiger partial charge in [-0.1, -0.05) is 13.8 Å². The quantitative estimate of drug-likeness (QED) is 0.434. The van der Waals surface area contributed by atoms with Crippen LogP contribution in [-0.2, 0) is 9.59 Å². The first-order valence-electron chi connectivity index (χ1n) is 11.9. The second-order valence-electron chi connectivity index (χ2n) is 9.32. The summed E-state index contributed by atoms with van der Waals surface area (Å²) < 4.78 is 0. The summed E-state index contributed by atoms with van der Waals surface area (Å²) in [4.78, 5) is 40.8. The number of carbonyl (C=O) groups excluding carboxylic acids is 2. The van der Waals surface area contributed by atoms with E-state index in [9.17, 15) is 19.5 Å². The Kier molecular flexibility index (Phi) is 9.08. The van der Waals surface area contributed by atoms with Crippen LogP contribution in [0.4, 0.5) is 5.69 Å². The third-order valence-electron chi connectivity index (χ3n) is 6.33. The molecule has 9 nitrogen and oxygen atoms in total. The Labute approximate surface area is 195 Å².